The normalized spacial score (nSPS) is 25.6. The van der Waals surface area contributed by atoms with Gasteiger partial charge in [-0.25, -0.2) is 0 Å². The topological polar surface area (TPSA) is 12.4 Å². The summed E-state index contributed by atoms with van der Waals surface area (Å²) in [4.78, 5) is 4.94. The Balaban J connectivity index is 2.06. The highest BCUT2D eigenvalue weighted by atomic mass is 14.8. The van der Waals surface area contributed by atoms with Crippen LogP contribution in [0, 0.1) is 11.3 Å². The predicted molar refractivity (Wildman–Crippen MR) is 85.5 cm³/mol. The van der Waals surface area contributed by atoms with Gasteiger partial charge < -0.3 is 0 Å². The van der Waals surface area contributed by atoms with Gasteiger partial charge in [0, 0.05) is 22.6 Å². The van der Waals surface area contributed by atoms with Crippen LogP contribution in [0.4, 0.5) is 0 Å². The average molecular weight is 261 g/mol. The molecule has 4 rings (SSSR count). The third kappa shape index (κ3) is 1.35. The Morgan fingerprint density at radius 1 is 1.15 bits per heavy atom. The number of fused-ring (bicyclic) bond motifs is 5. The number of allylic oxidation sites excluding steroid dienone is 5. The Morgan fingerprint density at radius 3 is 2.70 bits per heavy atom. The smallest absolute Gasteiger partial charge is 0.0715 e. The lowest BCUT2D eigenvalue weighted by atomic mass is 9.66. The first kappa shape index (κ1) is 11.9. The second kappa shape index (κ2) is 3.82. The molecule has 1 atom stereocenters. The quantitative estimate of drug-likeness (QED) is 0.631. The number of benzene rings is 1. The lowest BCUT2D eigenvalue weighted by Gasteiger charge is -2.36. The molecule has 1 unspecified atom stereocenters. The summed E-state index contributed by atoms with van der Waals surface area (Å²) in [5.41, 5.74) is 8.23. The van der Waals surface area contributed by atoms with Crippen molar-refractivity contribution in [2.45, 2.75) is 27.2 Å². The molecule has 0 N–H and O–H groups in total. The molecule has 0 aromatic heterocycles. The maximum absolute atomic E-state index is 4.94. The molecule has 1 aromatic carbocycles. The first-order valence-electron chi connectivity index (χ1n) is 7.37. The third-order valence-electron chi connectivity index (χ3n) is 5.11. The molecule has 3 aliphatic rings. The van der Waals surface area contributed by atoms with Gasteiger partial charge in [-0.15, -0.1) is 0 Å². The highest BCUT2D eigenvalue weighted by molar-refractivity contribution is 6.05. The lowest BCUT2D eigenvalue weighted by molar-refractivity contribution is 0.559. The molecule has 0 amide bonds. The molecule has 0 bridgehead atoms. The van der Waals surface area contributed by atoms with Gasteiger partial charge in [0.2, 0.25) is 0 Å². The molecule has 20 heavy (non-hydrogen) atoms. The minimum absolute atomic E-state index is 0.0812. The minimum Gasteiger partial charge on any atom is -0.257 e. The van der Waals surface area contributed by atoms with Gasteiger partial charge in [-0.1, -0.05) is 56.3 Å². The maximum Gasteiger partial charge on any atom is 0.0715 e. The van der Waals surface area contributed by atoms with Gasteiger partial charge in [0.25, 0.3) is 0 Å². The molecule has 1 aromatic rings. The molecule has 0 spiro atoms. The predicted octanol–water partition coefficient (Wildman–Crippen LogP) is 4.87. The van der Waals surface area contributed by atoms with Gasteiger partial charge in [0.05, 0.1) is 5.70 Å². The van der Waals surface area contributed by atoms with E-state index >= 15 is 0 Å². The van der Waals surface area contributed by atoms with Crippen LogP contribution in [0.5, 0.6) is 0 Å². The van der Waals surface area contributed by atoms with E-state index in [-0.39, 0.29) is 5.41 Å². The van der Waals surface area contributed by atoms with Gasteiger partial charge >= 0.3 is 0 Å². The SMILES string of the molecule is CC1=NC2=C(C3CC=CC=C3c3ccccc32)C1(C)C. The Kier molecular flexibility index (Phi) is 2.27. The molecule has 100 valence electrons. The van der Waals surface area contributed by atoms with Gasteiger partial charge in [-0.05, 0) is 30.1 Å². The fourth-order valence-corrected chi connectivity index (χ4v) is 3.79. The first-order valence-corrected chi connectivity index (χ1v) is 7.37. The lowest BCUT2D eigenvalue weighted by Crippen LogP contribution is -2.28. The van der Waals surface area contributed by atoms with Crippen molar-refractivity contribution in [2.24, 2.45) is 16.3 Å². The summed E-state index contributed by atoms with van der Waals surface area (Å²) in [6.07, 6.45) is 7.88. The summed E-state index contributed by atoms with van der Waals surface area (Å²) >= 11 is 0. The number of hydrogen-bond donors (Lipinski definition) is 0. The summed E-state index contributed by atoms with van der Waals surface area (Å²) in [5.74, 6) is 0.501. The summed E-state index contributed by atoms with van der Waals surface area (Å²) < 4.78 is 0. The summed E-state index contributed by atoms with van der Waals surface area (Å²) in [5, 5.41) is 0. The van der Waals surface area contributed by atoms with Gasteiger partial charge in [-0.3, -0.25) is 4.99 Å². The summed E-state index contributed by atoms with van der Waals surface area (Å²) in [6.45, 7) is 6.80. The van der Waals surface area contributed by atoms with E-state index in [2.05, 4.69) is 63.3 Å². The largest absolute Gasteiger partial charge is 0.257 e. The van der Waals surface area contributed by atoms with Crippen LogP contribution in [-0.4, -0.2) is 5.71 Å². The van der Waals surface area contributed by atoms with E-state index in [1.807, 2.05) is 0 Å². The first-order chi connectivity index (χ1) is 9.60. The monoisotopic (exact) mass is 261 g/mol. The summed E-state index contributed by atoms with van der Waals surface area (Å²) in [6, 6.07) is 8.72. The van der Waals surface area contributed by atoms with Crippen LogP contribution in [0.3, 0.4) is 0 Å². The molecule has 1 nitrogen and oxygen atoms in total. The molecular weight excluding hydrogens is 242 g/mol. The molecule has 1 heteroatoms. The minimum atomic E-state index is 0.0812. The van der Waals surface area contributed by atoms with E-state index in [1.54, 1.807) is 0 Å². The summed E-state index contributed by atoms with van der Waals surface area (Å²) in [7, 11) is 0. The van der Waals surface area contributed by atoms with Crippen LogP contribution in [0.25, 0.3) is 11.3 Å². The molecule has 0 saturated heterocycles. The fraction of sp³-hybridized carbons (Fsp3) is 0.316. The number of rotatable bonds is 0. The van der Waals surface area contributed by atoms with Crippen molar-refractivity contribution in [1.29, 1.82) is 0 Å². The Morgan fingerprint density at radius 2 is 1.90 bits per heavy atom. The van der Waals surface area contributed by atoms with E-state index in [0.29, 0.717) is 5.92 Å². The Bertz CT molecular complexity index is 726. The van der Waals surface area contributed by atoms with Crippen LogP contribution in [0.15, 0.2) is 53.1 Å². The maximum atomic E-state index is 4.94. The number of aliphatic imine (C=N–C) groups is 1. The number of hydrogen-bond acceptors (Lipinski definition) is 1. The van der Waals surface area contributed by atoms with Crippen molar-refractivity contribution in [2.75, 3.05) is 0 Å². The van der Waals surface area contributed by atoms with Crippen molar-refractivity contribution in [3.8, 4) is 0 Å². The Hall–Kier alpha value is -1.89. The zero-order valence-electron chi connectivity index (χ0n) is 12.3. The number of nitrogens with zero attached hydrogens (tertiary/aromatic N) is 1. The van der Waals surface area contributed by atoms with Crippen LogP contribution in [0.2, 0.25) is 0 Å². The molecule has 0 radical (unpaired) electrons. The van der Waals surface area contributed by atoms with Crippen LogP contribution >= 0.6 is 0 Å². The molecule has 0 fully saturated rings. The van der Waals surface area contributed by atoms with Gasteiger partial charge in [0.15, 0.2) is 0 Å². The van der Waals surface area contributed by atoms with Crippen molar-refractivity contribution >= 4 is 17.0 Å². The zero-order chi connectivity index (χ0) is 13.9. The van der Waals surface area contributed by atoms with Crippen molar-refractivity contribution in [3.05, 3.63) is 59.2 Å². The highest BCUT2D eigenvalue weighted by Crippen LogP contribution is 2.54. The second-order valence-corrected chi connectivity index (χ2v) is 6.47. The van der Waals surface area contributed by atoms with E-state index in [9.17, 15) is 0 Å². The second-order valence-electron chi connectivity index (χ2n) is 6.47. The van der Waals surface area contributed by atoms with Gasteiger partial charge in [-0.2, -0.15) is 0 Å². The average Bonchev–Trinajstić information content (AvgIpc) is 2.70. The molecule has 1 aliphatic heterocycles. The van der Waals surface area contributed by atoms with Crippen molar-refractivity contribution < 1.29 is 0 Å². The standard InChI is InChI=1S/C19H19N/c1-12-19(2,3)17-15-10-6-4-8-13(15)14-9-5-7-11-16(14)18(17)20-12/h4-9,11,15H,10H2,1-3H3. The Labute approximate surface area is 120 Å². The highest BCUT2D eigenvalue weighted by Gasteiger charge is 2.43. The van der Waals surface area contributed by atoms with Crippen molar-refractivity contribution in [3.63, 3.8) is 0 Å². The van der Waals surface area contributed by atoms with Crippen molar-refractivity contribution in [1.82, 2.24) is 0 Å². The fourth-order valence-electron chi connectivity index (χ4n) is 3.79. The molecule has 2 aliphatic carbocycles. The third-order valence-corrected chi connectivity index (χ3v) is 5.11. The molecular formula is C19H19N. The van der Waals surface area contributed by atoms with E-state index in [4.69, 9.17) is 4.99 Å². The van der Waals surface area contributed by atoms with E-state index in [0.717, 1.165) is 6.42 Å². The van der Waals surface area contributed by atoms with E-state index < -0.39 is 0 Å². The van der Waals surface area contributed by atoms with Crippen LogP contribution < -0.4 is 0 Å². The van der Waals surface area contributed by atoms with Crippen LogP contribution in [-0.2, 0) is 0 Å². The van der Waals surface area contributed by atoms with Crippen LogP contribution in [0.1, 0.15) is 38.3 Å². The molecule has 1 heterocycles. The molecule has 0 saturated carbocycles. The van der Waals surface area contributed by atoms with E-state index in [1.165, 1.54) is 33.7 Å². The van der Waals surface area contributed by atoms with Gasteiger partial charge in [0.1, 0.15) is 0 Å². The zero-order valence-corrected chi connectivity index (χ0v) is 12.3.